The highest BCUT2D eigenvalue weighted by Crippen LogP contribution is 2.15. The number of ketones is 1. The minimum absolute atomic E-state index is 0.0642. The average molecular weight is 264 g/mol. The van der Waals surface area contributed by atoms with Crippen LogP contribution in [-0.4, -0.2) is 24.9 Å². The van der Waals surface area contributed by atoms with E-state index in [1.54, 1.807) is 6.20 Å². The third-order valence-corrected chi connectivity index (χ3v) is 3.57. The fraction of sp³-hybridized carbons (Fsp3) is 0.500. The molecule has 2 rings (SSSR count). The van der Waals surface area contributed by atoms with E-state index in [1.807, 2.05) is 17.7 Å². The Morgan fingerprint density at radius 2 is 2.28 bits per heavy atom. The smallest absolute Gasteiger partial charge is 0.183 e. The van der Waals surface area contributed by atoms with Gasteiger partial charge in [-0.05, 0) is 24.9 Å². The second kappa shape index (κ2) is 5.86. The maximum Gasteiger partial charge on any atom is 0.183 e. The van der Waals surface area contributed by atoms with Gasteiger partial charge in [-0.25, -0.2) is 4.98 Å². The predicted molar refractivity (Wildman–Crippen MR) is 69.8 cm³/mol. The number of hydrogen-bond donors (Lipinski definition) is 0. The van der Waals surface area contributed by atoms with Gasteiger partial charge in [0.1, 0.15) is 10.7 Å². The summed E-state index contributed by atoms with van der Waals surface area (Å²) in [6, 6.07) is 0. The molecule has 0 unspecified atom stereocenters. The van der Waals surface area contributed by atoms with Gasteiger partial charge < -0.3 is 4.57 Å². The number of Topliss-reactive ketones (excluding diaryl/α,β-unsaturated/α-hetero) is 1. The van der Waals surface area contributed by atoms with Crippen molar-refractivity contribution in [1.29, 1.82) is 0 Å². The molecule has 0 fully saturated rings. The SMILES string of the molecule is CCCc1nnsc1C(=O)Cc1nccn1CC. The third kappa shape index (κ3) is 2.64. The number of carbonyl (C=O) groups is 1. The molecule has 2 heterocycles. The average Bonchev–Trinajstić information content (AvgIpc) is 2.98. The van der Waals surface area contributed by atoms with E-state index in [1.165, 1.54) is 11.5 Å². The van der Waals surface area contributed by atoms with Crippen LogP contribution < -0.4 is 0 Å². The molecule has 0 atom stereocenters. The molecule has 0 aromatic carbocycles. The zero-order chi connectivity index (χ0) is 13.0. The number of aromatic nitrogens is 4. The van der Waals surface area contributed by atoms with Crippen molar-refractivity contribution in [2.24, 2.45) is 0 Å². The van der Waals surface area contributed by atoms with Crippen LogP contribution in [0.15, 0.2) is 12.4 Å². The lowest BCUT2D eigenvalue weighted by atomic mass is 10.1. The van der Waals surface area contributed by atoms with Gasteiger partial charge in [-0.1, -0.05) is 17.8 Å². The highest BCUT2D eigenvalue weighted by atomic mass is 32.1. The summed E-state index contributed by atoms with van der Waals surface area (Å²) >= 11 is 1.19. The fourth-order valence-electron chi connectivity index (χ4n) is 1.84. The van der Waals surface area contributed by atoms with Crippen molar-refractivity contribution in [3.8, 4) is 0 Å². The summed E-state index contributed by atoms with van der Waals surface area (Å²) in [5.74, 6) is 0.868. The van der Waals surface area contributed by atoms with E-state index in [4.69, 9.17) is 0 Å². The van der Waals surface area contributed by atoms with E-state index in [9.17, 15) is 4.79 Å². The molecule has 0 aliphatic carbocycles. The van der Waals surface area contributed by atoms with Gasteiger partial charge in [0.2, 0.25) is 0 Å². The maximum atomic E-state index is 12.2. The minimum Gasteiger partial charge on any atom is -0.335 e. The summed E-state index contributed by atoms with van der Waals surface area (Å²) in [5.41, 5.74) is 0.821. The Labute approximate surface area is 110 Å². The fourth-order valence-corrected chi connectivity index (χ4v) is 2.48. The molecule has 0 radical (unpaired) electrons. The van der Waals surface area contributed by atoms with E-state index in [0.717, 1.165) is 30.9 Å². The molecular formula is C12H16N4OS. The van der Waals surface area contributed by atoms with Gasteiger partial charge in [0.15, 0.2) is 5.78 Å². The molecule has 0 bridgehead atoms. The maximum absolute atomic E-state index is 12.2. The Morgan fingerprint density at radius 1 is 1.44 bits per heavy atom. The number of aryl methyl sites for hydroxylation is 2. The van der Waals surface area contributed by atoms with Gasteiger partial charge in [0, 0.05) is 18.9 Å². The van der Waals surface area contributed by atoms with Crippen molar-refractivity contribution in [1.82, 2.24) is 19.1 Å². The van der Waals surface area contributed by atoms with E-state index in [0.29, 0.717) is 11.3 Å². The molecule has 5 nitrogen and oxygen atoms in total. The lowest BCUT2D eigenvalue weighted by Gasteiger charge is -2.03. The minimum atomic E-state index is 0.0642. The molecule has 0 spiro atoms. The predicted octanol–water partition coefficient (Wildman–Crippen LogP) is 2.13. The van der Waals surface area contributed by atoms with E-state index in [-0.39, 0.29) is 5.78 Å². The van der Waals surface area contributed by atoms with E-state index in [2.05, 4.69) is 21.5 Å². The first-order chi connectivity index (χ1) is 8.76. The van der Waals surface area contributed by atoms with Crippen LogP contribution in [0.4, 0.5) is 0 Å². The van der Waals surface area contributed by atoms with Crippen molar-refractivity contribution >= 4 is 17.3 Å². The number of rotatable bonds is 6. The normalized spacial score (nSPS) is 10.8. The summed E-state index contributed by atoms with van der Waals surface area (Å²) < 4.78 is 5.86. The van der Waals surface area contributed by atoms with E-state index < -0.39 is 0 Å². The Kier molecular flexibility index (Phi) is 4.19. The van der Waals surface area contributed by atoms with Crippen LogP contribution in [0.3, 0.4) is 0 Å². The standard InChI is InChI=1S/C12H16N4OS/c1-3-5-9-12(18-15-14-9)10(17)8-11-13-6-7-16(11)4-2/h6-7H,3-5,8H2,1-2H3. The molecule has 0 aliphatic heterocycles. The van der Waals surface area contributed by atoms with Crippen molar-refractivity contribution < 1.29 is 4.79 Å². The zero-order valence-corrected chi connectivity index (χ0v) is 11.4. The molecule has 0 N–H and O–H groups in total. The van der Waals surface area contributed by atoms with Crippen molar-refractivity contribution in [3.05, 3.63) is 28.8 Å². The second-order valence-electron chi connectivity index (χ2n) is 4.03. The molecular weight excluding hydrogens is 248 g/mol. The molecule has 0 aliphatic rings. The van der Waals surface area contributed by atoms with Gasteiger partial charge in [0.05, 0.1) is 12.1 Å². The van der Waals surface area contributed by atoms with Crippen molar-refractivity contribution in [2.45, 2.75) is 39.7 Å². The highest BCUT2D eigenvalue weighted by Gasteiger charge is 2.17. The van der Waals surface area contributed by atoms with Crippen LogP contribution in [-0.2, 0) is 19.4 Å². The Morgan fingerprint density at radius 3 is 3.00 bits per heavy atom. The van der Waals surface area contributed by atoms with Gasteiger partial charge in [-0.15, -0.1) is 5.10 Å². The van der Waals surface area contributed by atoms with Crippen LogP contribution in [0.2, 0.25) is 0 Å². The molecule has 2 aromatic rings. The first kappa shape index (κ1) is 12.9. The summed E-state index contributed by atoms with van der Waals surface area (Å²) in [6.45, 7) is 4.93. The highest BCUT2D eigenvalue weighted by molar-refractivity contribution is 7.08. The first-order valence-electron chi connectivity index (χ1n) is 6.10. The molecule has 0 amide bonds. The molecule has 18 heavy (non-hydrogen) atoms. The van der Waals surface area contributed by atoms with E-state index >= 15 is 0 Å². The quantitative estimate of drug-likeness (QED) is 0.750. The zero-order valence-electron chi connectivity index (χ0n) is 10.6. The van der Waals surface area contributed by atoms with Gasteiger partial charge in [-0.2, -0.15) is 0 Å². The van der Waals surface area contributed by atoms with Crippen LogP contribution in [0.5, 0.6) is 0 Å². The third-order valence-electron chi connectivity index (χ3n) is 2.76. The van der Waals surface area contributed by atoms with Crippen LogP contribution >= 0.6 is 11.5 Å². The molecule has 0 saturated carbocycles. The molecule has 96 valence electrons. The Bertz CT molecular complexity index is 532. The first-order valence-corrected chi connectivity index (χ1v) is 6.88. The van der Waals surface area contributed by atoms with Gasteiger partial charge in [0.25, 0.3) is 0 Å². The Hall–Kier alpha value is -1.56. The number of imidazole rings is 1. The lowest BCUT2D eigenvalue weighted by molar-refractivity contribution is 0.0992. The summed E-state index contributed by atoms with van der Waals surface area (Å²) in [5, 5.41) is 4.02. The van der Waals surface area contributed by atoms with Gasteiger partial charge in [-0.3, -0.25) is 4.79 Å². The summed E-state index contributed by atoms with van der Waals surface area (Å²) in [7, 11) is 0. The summed E-state index contributed by atoms with van der Waals surface area (Å²) in [4.78, 5) is 17.1. The number of nitrogens with zero attached hydrogens (tertiary/aromatic N) is 4. The van der Waals surface area contributed by atoms with Gasteiger partial charge >= 0.3 is 0 Å². The molecule has 6 heteroatoms. The van der Waals surface area contributed by atoms with Crippen LogP contribution in [0.1, 0.15) is 41.5 Å². The topological polar surface area (TPSA) is 60.7 Å². The van der Waals surface area contributed by atoms with Crippen molar-refractivity contribution in [3.63, 3.8) is 0 Å². The monoisotopic (exact) mass is 264 g/mol. The molecule has 0 saturated heterocycles. The Balaban J connectivity index is 2.14. The second-order valence-corrected chi connectivity index (χ2v) is 4.78. The number of hydrogen-bond acceptors (Lipinski definition) is 5. The van der Waals surface area contributed by atoms with Crippen LogP contribution in [0.25, 0.3) is 0 Å². The summed E-state index contributed by atoms with van der Waals surface area (Å²) in [6.07, 6.45) is 5.71. The lowest BCUT2D eigenvalue weighted by Crippen LogP contribution is -2.10. The number of carbonyl (C=O) groups excluding carboxylic acids is 1. The van der Waals surface area contributed by atoms with Crippen molar-refractivity contribution in [2.75, 3.05) is 0 Å². The van der Waals surface area contributed by atoms with Crippen LogP contribution in [0, 0.1) is 0 Å². The largest absolute Gasteiger partial charge is 0.335 e. The molecule has 2 aromatic heterocycles.